The standard InChI is InChI=1S/C21H22N2O2.C21H36O8S4.C15H26O6S3.C13H20O8S4.C11H10N2O2.C6H6S2/c1-12-7-14(3)20(10-22-24)16(5)18(12)9-19-13(2)8-15(4)21(11-23-25)17(19)6;1-13(30)5-17(22)26-9-21(10-27-18(23)6-14(2)31,11-28-19(24)7-15(3)32)12-29-20(25)8-16(4)33;1-2-15(9-19-12(16)3-6-22,10-20-13(17)4-7-23)11-21-14(18)5-8-24;14-9(1-22)18-5-13(6-19-10(15)2-23,7-20-11(16)3-24)8-21-12(17)4-25;1-7-4-8(2)11(6-13-15)9(3)10(7)5-12-14;7-5-2-1-3-6(8)4-5/h7-8H,9H2,1-6H3;13-16,30-33H,5-12H2,1-4H3;22-24H,2-11H2,1H3;22-25H,1-8H2;4H,1-3H3;1-4,7-8H. The molecule has 4 aromatic carbocycles. The molecular weight excluding hydrogens is 1930 g/mol. The molecule has 0 N–H and O–H groups in total. The van der Waals surface area contributed by atoms with Gasteiger partial charge in [0, 0.05) is 68.1 Å². The molecule has 0 amide bonds. The van der Waals surface area contributed by atoms with E-state index in [0.29, 0.717) is 41.2 Å². The molecule has 0 aromatic heterocycles. The van der Waals surface area contributed by atoms with Gasteiger partial charge in [-0.05, 0) is 155 Å². The van der Waals surface area contributed by atoms with Gasteiger partial charge in [0.2, 0.25) is 0 Å². The number of thiol groups is 13. The van der Waals surface area contributed by atoms with Crippen LogP contribution in [0, 0.1) is 124 Å². The summed E-state index contributed by atoms with van der Waals surface area (Å²) in [7, 11) is 0. The minimum Gasteiger partial charge on any atom is -0.498 e. The van der Waals surface area contributed by atoms with E-state index in [4.69, 9.17) is 52.1 Å². The van der Waals surface area contributed by atoms with Gasteiger partial charge < -0.3 is 72.9 Å². The summed E-state index contributed by atoms with van der Waals surface area (Å²) in [5.41, 5.74) is 10.5. The number of carbonyl (C=O) groups excluding carboxylic acids is 11. The van der Waals surface area contributed by atoms with Gasteiger partial charge in [-0.2, -0.15) is 139 Å². The molecule has 722 valence electrons. The van der Waals surface area contributed by atoms with Crippen molar-refractivity contribution in [2.24, 2.45) is 16.2 Å². The van der Waals surface area contributed by atoms with E-state index >= 15 is 0 Å². The number of hydrogen-bond acceptors (Lipinski definition) is 39. The molecule has 0 aliphatic heterocycles. The molecule has 0 aliphatic rings. The van der Waals surface area contributed by atoms with E-state index in [9.17, 15) is 73.6 Å². The van der Waals surface area contributed by atoms with Crippen molar-refractivity contribution in [2.75, 3.05) is 113 Å². The number of hydrogen-bond donors (Lipinski definition) is 13. The van der Waals surface area contributed by atoms with Crippen molar-refractivity contribution in [3.05, 3.63) is 167 Å². The number of esters is 11. The summed E-state index contributed by atoms with van der Waals surface area (Å²) in [6.45, 7) is 23.8. The zero-order chi connectivity index (χ0) is 99.5. The second-order valence-corrected chi connectivity index (χ2v) is 36.9. The van der Waals surface area contributed by atoms with E-state index in [0.717, 1.165) is 82.1 Å². The fourth-order valence-electron chi connectivity index (χ4n) is 11.1. The summed E-state index contributed by atoms with van der Waals surface area (Å²) in [5.74, 6) is -5.51. The molecule has 4 aromatic rings. The highest BCUT2D eigenvalue weighted by molar-refractivity contribution is 7.82. The Morgan fingerprint density at radius 1 is 0.323 bits per heavy atom. The third kappa shape index (κ3) is 53.0. The van der Waals surface area contributed by atoms with E-state index in [1.807, 2.05) is 78.8 Å². The molecule has 0 heterocycles. The van der Waals surface area contributed by atoms with Crippen molar-refractivity contribution in [3.8, 4) is 24.3 Å². The van der Waals surface area contributed by atoms with Gasteiger partial charge in [0.05, 0.1) is 73.4 Å². The minimum atomic E-state index is -1.30. The molecule has 4 rings (SSSR count). The first-order valence-electron chi connectivity index (χ1n) is 40.0. The Morgan fingerprint density at radius 2 is 0.531 bits per heavy atom. The van der Waals surface area contributed by atoms with E-state index in [2.05, 4.69) is 234 Å². The smallest absolute Gasteiger partial charge is 0.337 e. The normalized spacial score (nSPS) is 11.7. The predicted molar refractivity (Wildman–Crippen MR) is 546 cm³/mol. The van der Waals surface area contributed by atoms with Crippen molar-refractivity contribution in [2.45, 2.75) is 186 Å². The molecule has 0 radical (unpaired) electrons. The van der Waals surface area contributed by atoms with Gasteiger partial charge in [0.15, 0.2) is 0 Å². The number of carbonyl (C=O) groups is 11. The summed E-state index contributed by atoms with van der Waals surface area (Å²) < 4.78 is 57.1. The number of nitrogens with zero attached hydrogens (tertiary/aromatic N) is 4. The second-order valence-electron chi connectivity index (χ2n) is 29.8. The van der Waals surface area contributed by atoms with Crippen LogP contribution in [-0.2, 0) is 111 Å². The zero-order valence-electron chi connectivity index (χ0n) is 75.2. The molecule has 30 nitrogen and oxygen atoms in total. The maximum absolute atomic E-state index is 12.1. The lowest BCUT2D eigenvalue weighted by molar-refractivity contribution is -0.172. The molecule has 0 aliphatic carbocycles. The van der Waals surface area contributed by atoms with Gasteiger partial charge in [0.25, 0.3) is 0 Å². The van der Waals surface area contributed by atoms with Crippen LogP contribution in [0.3, 0.4) is 0 Å². The quantitative estimate of drug-likeness (QED) is 0.00847. The third-order valence-corrected chi connectivity index (χ3v) is 21.0. The second kappa shape index (κ2) is 69.6. The van der Waals surface area contributed by atoms with Gasteiger partial charge in [-0.3, -0.25) is 52.7 Å². The third-order valence-electron chi connectivity index (χ3n) is 18.0. The van der Waals surface area contributed by atoms with Crippen molar-refractivity contribution < 1.29 is 105 Å². The fourth-order valence-corrected chi connectivity index (χ4v) is 13.2. The topological polar surface area (TPSA) is 399 Å². The summed E-state index contributed by atoms with van der Waals surface area (Å²) in [6, 6.07) is 23.5. The van der Waals surface area contributed by atoms with Crippen molar-refractivity contribution >= 4 is 230 Å². The van der Waals surface area contributed by atoms with Gasteiger partial charge in [-0.15, -0.1) is 25.3 Å². The first-order chi connectivity index (χ1) is 61.2. The van der Waals surface area contributed by atoms with Crippen LogP contribution in [0.25, 0.3) is 20.0 Å². The Kier molecular flexibility index (Phi) is 66.8. The van der Waals surface area contributed by atoms with Crippen molar-refractivity contribution in [1.29, 1.82) is 0 Å². The monoisotopic (exact) mass is 2050 g/mol. The number of rotatable bonds is 43. The van der Waals surface area contributed by atoms with Crippen LogP contribution in [0.15, 0.2) is 52.3 Å². The lowest BCUT2D eigenvalue weighted by Crippen LogP contribution is -2.44. The van der Waals surface area contributed by atoms with Crippen LogP contribution < -0.4 is 0 Å². The predicted octanol–water partition coefficient (Wildman–Crippen LogP) is 15.5. The molecule has 130 heavy (non-hydrogen) atoms. The van der Waals surface area contributed by atoms with Crippen LogP contribution in [0.2, 0.25) is 0 Å². The van der Waals surface area contributed by atoms with Gasteiger partial charge in [-0.25, -0.2) is 0 Å². The molecule has 0 saturated carbocycles. The summed E-state index contributed by atoms with van der Waals surface area (Å²) in [5, 5.41) is 51.7. The van der Waals surface area contributed by atoms with Crippen LogP contribution in [-0.4, -0.2) is 200 Å². The first kappa shape index (κ1) is 125. The average molecular weight is 2050 g/mol. The summed E-state index contributed by atoms with van der Waals surface area (Å²) in [4.78, 5) is 131. The number of ether oxygens (including phenoxy) is 11. The molecule has 4 unspecified atom stereocenters. The van der Waals surface area contributed by atoms with Crippen LogP contribution in [0.5, 0.6) is 0 Å². The zero-order valence-corrected chi connectivity index (χ0v) is 86.8. The van der Waals surface area contributed by atoms with Crippen LogP contribution in [0.1, 0.15) is 169 Å². The highest BCUT2D eigenvalue weighted by atomic mass is 32.1. The molecule has 0 fully saturated rings. The van der Waals surface area contributed by atoms with Crippen molar-refractivity contribution in [1.82, 2.24) is 0 Å². The maximum Gasteiger partial charge on any atom is 0.337 e. The van der Waals surface area contributed by atoms with E-state index < -0.39 is 81.9 Å². The highest BCUT2D eigenvalue weighted by Crippen LogP contribution is 2.32. The minimum absolute atomic E-state index is 0.00157. The molecule has 0 saturated heterocycles. The van der Waals surface area contributed by atoms with E-state index in [1.54, 1.807) is 34.6 Å². The lowest BCUT2D eigenvalue weighted by Gasteiger charge is -2.32. The molecule has 0 spiro atoms. The fraction of sp³-hybridized carbons (Fsp3) is 0.552. The van der Waals surface area contributed by atoms with E-state index in [-0.39, 0.29) is 162 Å². The Morgan fingerprint density at radius 3 is 0.723 bits per heavy atom. The summed E-state index contributed by atoms with van der Waals surface area (Å²) in [6.07, 6.45) is 1.94. The number of aryl methyl sites for hydroxylation is 6. The highest BCUT2D eigenvalue weighted by Gasteiger charge is 2.40. The summed E-state index contributed by atoms with van der Waals surface area (Å²) >= 11 is 52.0. The molecule has 4 atom stereocenters. The van der Waals surface area contributed by atoms with Gasteiger partial charge >= 0.3 is 89.9 Å². The van der Waals surface area contributed by atoms with Crippen LogP contribution >= 0.6 is 164 Å². The number of benzene rings is 4. The Balaban J connectivity index is 0. The maximum atomic E-state index is 12.1. The van der Waals surface area contributed by atoms with E-state index in [1.165, 1.54) is 0 Å². The first-order valence-corrected chi connectivity index (χ1v) is 47.4. The average Bonchev–Trinajstić information content (AvgIpc) is 0.786. The van der Waals surface area contributed by atoms with Crippen LogP contribution in [0.4, 0.5) is 0 Å². The SMILES string of the molecule is CC(S)CC(=O)OCC(COC(=O)CC(C)S)(COC(=O)CC(C)S)COC(=O)CC(C)S.CCC(COC(=O)CCS)(COC(=O)CCS)COC(=O)CCS.Cc1cc(C)c(C#[N+][O-])c(C)c1C#[N+][O-].Cc1cc(C)c(Cc2c(C)cc(C)c(C#[N+][O-])c2C)c(C)c1C#[N+][O-].O=C(CS)OCC(COC(=O)CS)(COC(=O)CS)COC(=O)CS.Sc1cccc(S)c1. The molecule has 43 heteroatoms. The lowest BCUT2D eigenvalue weighted by atomic mass is 9.85. The molecule has 0 bridgehead atoms. The largest absolute Gasteiger partial charge is 0.498 e. The molecular formula is C87H120N4O26S13. The van der Waals surface area contributed by atoms with Gasteiger partial charge in [-0.1, -0.05) is 58.9 Å². The Bertz CT molecular complexity index is 4220. The Hall–Kier alpha value is -7.24. The van der Waals surface area contributed by atoms with Gasteiger partial charge in [0.1, 0.15) is 106 Å². The van der Waals surface area contributed by atoms with Crippen molar-refractivity contribution in [3.63, 3.8) is 0 Å². The Labute approximate surface area is 833 Å².